The van der Waals surface area contributed by atoms with Crippen molar-refractivity contribution < 1.29 is 9.53 Å². The van der Waals surface area contributed by atoms with E-state index in [0.29, 0.717) is 30.6 Å². The van der Waals surface area contributed by atoms with Crippen LogP contribution in [0.3, 0.4) is 0 Å². The van der Waals surface area contributed by atoms with E-state index in [-0.39, 0.29) is 11.5 Å². The Morgan fingerprint density at radius 1 is 1.06 bits per heavy atom. The lowest BCUT2D eigenvalue weighted by Crippen LogP contribution is -2.39. The Hall–Kier alpha value is -3.94. The van der Waals surface area contributed by atoms with Crippen molar-refractivity contribution in [3.05, 3.63) is 81.9 Å². The zero-order valence-electron chi connectivity index (χ0n) is 19.9. The third-order valence-corrected chi connectivity index (χ3v) is 6.02. The number of fused-ring (bicyclic) bond motifs is 1. The van der Waals surface area contributed by atoms with E-state index in [1.165, 1.54) is 4.68 Å². The van der Waals surface area contributed by atoms with E-state index in [9.17, 15) is 9.59 Å². The number of ether oxygens (including phenoxy) is 1. The molecule has 0 radical (unpaired) electrons. The van der Waals surface area contributed by atoms with E-state index in [1.54, 1.807) is 11.8 Å². The van der Waals surface area contributed by atoms with Gasteiger partial charge in [-0.3, -0.25) is 9.59 Å². The molecule has 2 aromatic carbocycles. The number of nitrogens with one attached hydrogen (secondary N) is 1. The molecule has 4 aromatic rings. The monoisotopic (exact) mass is 459 g/mol. The Bertz CT molecular complexity index is 1370. The minimum Gasteiger partial charge on any atom is -0.496 e. The zero-order chi connectivity index (χ0) is 24.2. The molecule has 4 rings (SSSR count). The summed E-state index contributed by atoms with van der Waals surface area (Å²) in [6, 6.07) is 16.6. The summed E-state index contributed by atoms with van der Waals surface area (Å²) in [4.78, 5) is 26.4. The number of carbonyl (C=O) groups is 1. The summed E-state index contributed by atoms with van der Waals surface area (Å²) in [7, 11) is 1.63. The molecule has 1 atom stereocenters. The molecule has 2 aromatic heterocycles. The Kier molecular flexibility index (Phi) is 6.77. The Labute approximate surface area is 198 Å². The number of rotatable bonds is 8. The number of methoxy groups -OCH3 is 1. The fraction of sp³-hybridized carbons (Fsp3) is 0.308. The van der Waals surface area contributed by atoms with Gasteiger partial charge in [-0.2, -0.15) is 10.2 Å². The smallest absolute Gasteiger partial charge is 0.295 e. The van der Waals surface area contributed by atoms with Gasteiger partial charge in [0.2, 0.25) is 5.91 Å². The van der Waals surface area contributed by atoms with Gasteiger partial charge in [0, 0.05) is 6.54 Å². The summed E-state index contributed by atoms with van der Waals surface area (Å²) >= 11 is 0. The highest BCUT2D eigenvalue weighted by Gasteiger charge is 2.25. The number of aromatic nitrogens is 4. The van der Waals surface area contributed by atoms with Gasteiger partial charge < -0.3 is 10.1 Å². The first kappa shape index (κ1) is 23.2. The van der Waals surface area contributed by atoms with Gasteiger partial charge in [0.15, 0.2) is 5.52 Å². The SMILES string of the molecule is CC[C@H](C(=O)NCCc1ccccc1OC)n1nc(C)c2c(C)n(-c3ccccc3)nc2c1=O. The maximum Gasteiger partial charge on any atom is 0.295 e. The number of hydrogen-bond donors (Lipinski definition) is 1. The minimum atomic E-state index is -0.726. The third-order valence-electron chi connectivity index (χ3n) is 6.02. The molecule has 176 valence electrons. The van der Waals surface area contributed by atoms with Gasteiger partial charge in [-0.25, -0.2) is 9.36 Å². The molecular weight excluding hydrogens is 430 g/mol. The van der Waals surface area contributed by atoms with Gasteiger partial charge in [0.25, 0.3) is 5.56 Å². The molecule has 0 bridgehead atoms. The van der Waals surface area contributed by atoms with Crippen molar-refractivity contribution in [2.45, 2.75) is 39.7 Å². The minimum absolute atomic E-state index is 0.245. The molecule has 1 amide bonds. The first-order valence-corrected chi connectivity index (χ1v) is 11.4. The van der Waals surface area contributed by atoms with Crippen LogP contribution in [0.25, 0.3) is 16.6 Å². The normalized spacial score (nSPS) is 12.0. The van der Waals surface area contributed by atoms with Gasteiger partial charge in [0.05, 0.1) is 29.6 Å². The molecule has 8 nitrogen and oxygen atoms in total. The summed E-state index contributed by atoms with van der Waals surface area (Å²) in [5.41, 5.74) is 3.31. The van der Waals surface area contributed by atoms with Gasteiger partial charge in [-0.05, 0) is 50.5 Å². The molecule has 0 aliphatic rings. The van der Waals surface area contributed by atoms with Crippen molar-refractivity contribution in [2.75, 3.05) is 13.7 Å². The summed E-state index contributed by atoms with van der Waals surface area (Å²) in [5, 5.41) is 12.8. The van der Waals surface area contributed by atoms with Crippen LogP contribution in [0, 0.1) is 13.8 Å². The molecule has 8 heteroatoms. The molecule has 0 saturated carbocycles. The van der Waals surface area contributed by atoms with E-state index in [4.69, 9.17) is 4.74 Å². The van der Waals surface area contributed by atoms with Crippen LogP contribution < -0.4 is 15.6 Å². The zero-order valence-corrected chi connectivity index (χ0v) is 19.9. The van der Waals surface area contributed by atoms with Crippen LogP contribution in [0.1, 0.15) is 36.3 Å². The standard InChI is InChI=1S/C26H29N5O3/c1-5-21(25(32)27-16-15-19-11-9-10-14-22(19)34-4)31-26(33)24-23(17(2)28-31)18(3)30(29-24)20-12-7-6-8-13-20/h6-14,21H,5,15-16H2,1-4H3,(H,27,32)/t21-/m1/s1. The lowest BCUT2D eigenvalue weighted by Gasteiger charge is -2.17. The number of nitrogens with zero attached hydrogens (tertiary/aromatic N) is 4. The molecule has 0 unspecified atom stereocenters. The maximum absolute atomic E-state index is 13.4. The molecule has 0 fully saturated rings. The largest absolute Gasteiger partial charge is 0.496 e. The van der Waals surface area contributed by atoms with Crippen molar-refractivity contribution in [1.82, 2.24) is 24.9 Å². The predicted molar refractivity (Wildman–Crippen MR) is 132 cm³/mol. The highest BCUT2D eigenvalue weighted by atomic mass is 16.5. The van der Waals surface area contributed by atoms with Gasteiger partial charge in [-0.1, -0.05) is 43.3 Å². The molecule has 1 N–H and O–H groups in total. The van der Waals surface area contributed by atoms with Crippen LogP contribution in [0.4, 0.5) is 0 Å². The van der Waals surface area contributed by atoms with E-state index >= 15 is 0 Å². The lowest BCUT2D eigenvalue weighted by atomic mass is 10.1. The predicted octanol–water partition coefficient (Wildman–Crippen LogP) is 3.52. The number of para-hydroxylation sites is 2. The summed E-state index contributed by atoms with van der Waals surface area (Å²) < 4.78 is 8.40. The average molecular weight is 460 g/mol. The van der Waals surface area contributed by atoms with E-state index in [2.05, 4.69) is 15.5 Å². The summed E-state index contributed by atoms with van der Waals surface area (Å²) in [6.45, 7) is 6.05. The number of aryl methyl sites for hydroxylation is 2. The maximum atomic E-state index is 13.4. The average Bonchev–Trinajstić information content (AvgIpc) is 3.21. The molecule has 0 spiro atoms. The molecule has 0 aliphatic heterocycles. The highest BCUT2D eigenvalue weighted by Crippen LogP contribution is 2.22. The fourth-order valence-corrected chi connectivity index (χ4v) is 4.30. The summed E-state index contributed by atoms with van der Waals surface area (Å²) in [5.74, 6) is 0.539. The molecule has 34 heavy (non-hydrogen) atoms. The number of carbonyl (C=O) groups excluding carboxylic acids is 1. The van der Waals surface area contributed by atoms with Crippen molar-refractivity contribution in [3.8, 4) is 11.4 Å². The van der Waals surface area contributed by atoms with Crippen molar-refractivity contribution in [2.24, 2.45) is 0 Å². The van der Waals surface area contributed by atoms with Gasteiger partial charge in [-0.15, -0.1) is 0 Å². The molecule has 0 saturated heterocycles. The third kappa shape index (κ3) is 4.31. The Balaban J connectivity index is 1.61. The molecular formula is C26H29N5O3. The lowest BCUT2D eigenvalue weighted by molar-refractivity contribution is -0.124. The van der Waals surface area contributed by atoms with Crippen LogP contribution in [0.15, 0.2) is 59.4 Å². The first-order valence-electron chi connectivity index (χ1n) is 11.4. The quantitative estimate of drug-likeness (QED) is 0.435. The van der Waals surface area contributed by atoms with Crippen LogP contribution >= 0.6 is 0 Å². The number of hydrogen-bond acceptors (Lipinski definition) is 5. The molecule has 0 aliphatic carbocycles. The Morgan fingerprint density at radius 3 is 2.47 bits per heavy atom. The van der Waals surface area contributed by atoms with Crippen LogP contribution in [-0.4, -0.2) is 39.1 Å². The fourth-order valence-electron chi connectivity index (χ4n) is 4.30. The van der Waals surface area contributed by atoms with Gasteiger partial charge in [0.1, 0.15) is 11.8 Å². The Morgan fingerprint density at radius 2 is 1.76 bits per heavy atom. The van der Waals surface area contributed by atoms with Crippen molar-refractivity contribution >= 4 is 16.8 Å². The van der Waals surface area contributed by atoms with E-state index < -0.39 is 6.04 Å². The van der Waals surface area contributed by atoms with Crippen LogP contribution in [0.5, 0.6) is 5.75 Å². The number of benzene rings is 2. The topological polar surface area (TPSA) is 91.0 Å². The van der Waals surface area contributed by atoms with E-state index in [0.717, 1.165) is 28.1 Å². The first-order chi connectivity index (χ1) is 16.5. The highest BCUT2D eigenvalue weighted by molar-refractivity contribution is 5.84. The van der Waals surface area contributed by atoms with Crippen molar-refractivity contribution in [1.29, 1.82) is 0 Å². The van der Waals surface area contributed by atoms with E-state index in [1.807, 2.05) is 75.4 Å². The second-order valence-electron chi connectivity index (χ2n) is 8.17. The second-order valence-corrected chi connectivity index (χ2v) is 8.17. The summed E-state index contributed by atoms with van der Waals surface area (Å²) in [6.07, 6.45) is 1.05. The van der Waals surface area contributed by atoms with Crippen molar-refractivity contribution in [3.63, 3.8) is 0 Å². The van der Waals surface area contributed by atoms with Crippen LogP contribution in [0.2, 0.25) is 0 Å². The molecule has 2 heterocycles. The second kappa shape index (κ2) is 9.91. The van der Waals surface area contributed by atoms with Crippen LogP contribution in [-0.2, 0) is 11.2 Å². The number of amides is 1. The van der Waals surface area contributed by atoms with Gasteiger partial charge >= 0.3 is 0 Å².